The molecule has 3 rings (SSSR count). The molecule has 0 bridgehead atoms. The van der Waals surface area contributed by atoms with Crippen LogP contribution in [-0.4, -0.2) is 31.7 Å². The summed E-state index contributed by atoms with van der Waals surface area (Å²) in [6.45, 7) is 3.94. The standard InChI is InChI=1S/C16H22N6O.ClH/c1-11-6-7-12(9-14(11)22-10-18-20-21-22)19-15(23)13-5-3-4-8-16(13,2)17;/h6-7,9-10,13H,3-5,8,17H2,1-2H3,(H,19,23);1H. The number of nitrogens with two attached hydrogens (primary N) is 1. The molecule has 3 N–H and O–H groups in total. The van der Waals surface area contributed by atoms with Gasteiger partial charge in [-0.3, -0.25) is 4.79 Å². The number of nitrogens with one attached hydrogen (secondary N) is 1. The molecule has 1 fully saturated rings. The number of benzene rings is 1. The molecular formula is C16H23ClN6O. The number of aromatic nitrogens is 4. The van der Waals surface area contributed by atoms with Crippen LogP contribution in [0.3, 0.4) is 0 Å². The fraction of sp³-hybridized carbons (Fsp3) is 0.500. The Kier molecular flexibility index (Phi) is 5.56. The summed E-state index contributed by atoms with van der Waals surface area (Å²) in [5.74, 6) is -0.171. The van der Waals surface area contributed by atoms with E-state index in [0.29, 0.717) is 0 Å². The van der Waals surface area contributed by atoms with Gasteiger partial charge in [-0.2, -0.15) is 0 Å². The highest BCUT2D eigenvalue weighted by molar-refractivity contribution is 5.93. The van der Waals surface area contributed by atoms with E-state index >= 15 is 0 Å². The number of carbonyl (C=O) groups excluding carboxylic acids is 1. The van der Waals surface area contributed by atoms with Crippen molar-refractivity contribution >= 4 is 24.0 Å². The van der Waals surface area contributed by atoms with E-state index in [1.54, 1.807) is 4.68 Å². The molecule has 24 heavy (non-hydrogen) atoms. The Morgan fingerprint density at radius 2 is 2.21 bits per heavy atom. The summed E-state index contributed by atoms with van der Waals surface area (Å²) in [5, 5.41) is 14.2. The first-order valence-electron chi connectivity index (χ1n) is 7.91. The van der Waals surface area contributed by atoms with E-state index < -0.39 is 5.54 Å². The van der Waals surface area contributed by atoms with Gasteiger partial charge in [0.15, 0.2) is 0 Å². The van der Waals surface area contributed by atoms with Crippen molar-refractivity contribution in [1.82, 2.24) is 20.2 Å². The van der Waals surface area contributed by atoms with Crippen LogP contribution in [0.25, 0.3) is 5.69 Å². The maximum atomic E-state index is 12.6. The number of amides is 1. The van der Waals surface area contributed by atoms with E-state index in [1.165, 1.54) is 6.33 Å². The minimum Gasteiger partial charge on any atom is -0.326 e. The molecule has 1 aromatic carbocycles. The van der Waals surface area contributed by atoms with Crippen molar-refractivity contribution in [1.29, 1.82) is 0 Å². The predicted octanol–water partition coefficient (Wildman–Crippen LogP) is 2.24. The summed E-state index contributed by atoms with van der Waals surface area (Å²) in [7, 11) is 0. The van der Waals surface area contributed by atoms with Crippen molar-refractivity contribution in [2.24, 2.45) is 11.7 Å². The lowest BCUT2D eigenvalue weighted by atomic mass is 9.74. The van der Waals surface area contributed by atoms with E-state index in [0.717, 1.165) is 42.6 Å². The highest BCUT2D eigenvalue weighted by Gasteiger charge is 2.37. The number of rotatable bonds is 3. The fourth-order valence-corrected chi connectivity index (χ4v) is 3.22. The van der Waals surface area contributed by atoms with Gasteiger partial charge in [-0.25, -0.2) is 4.68 Å². The van der Waals surface area contributed by atoms with Gasteiger partial charge in [-0.1, -0.05) is 18.9 Å². The average Bonchev–Trinajstić information content (AvgIpc) is 3.02. The van der Waals surface area contributed by atoms with Crippen LogP contribution in [0, 0.1) is 12.8 Å². The van der Waals surface area contributed by atoms with E-state index in [-0.39, 0.29) is 24.2 Å². The first-order valence-corrected chi connectivity index (χ1v) is 7.91. The van der Waals surface area contributed by atoms with Gasteiger partial charge >= 0.3 is 0 Å². The van der Waals surface area contributed by atoms with Gasteiger partial charge in [0.05, 0.1) is 11.6 Å². The van der Waals surface area contributed by atoms with Crippen molar-refractivity contribution in [3.8, 4) is 5.69 Å². The maximum Gasteiger partial charge on any atom is 0.229 e. The summed E-state index contributed by atoms with van der Waals surface area (Å²) < 4.78 is 1.58. The van der Waals surface area contributed by atoms with Crippen LogP contribution in [-0.2, 0) is 4.79 Å². The predicted molar refractivity (Wildman–Crippen MR) is 94.3 cm³/mol. The van der Waals surface area contributed by atoms with Crippen LogP contribution < -0.4 is 11.1 Å². The molecule has 1 heterocycles. The third kappa shape index (κ3) is 3.73. The number of nitrogens with zero attached hydrogens (tertiary/aromatic N) is 4. The molecule has 2 atom stereocenters. The van der Waals surface area contributed by atoms with Crippen molar-refractivity contribution in [2.45, 2.75) is 45.1 Å². The Morgan fingerprint density at radius 1 is 1.42 bits per heavy atom. The molecule has 130 valence electrons. The number of tetrazole rings is 1. The second-order valence-electron chi connectivity index (χ2n) is 6.55. The second-order valence-corrected chi connectivity index (χ2v) is 6.55. The highest BCUT2D eigenvalue weighted by atomic mass is 35.5. The third-order valence-electron chi connectivity index (χ3n) is 4.64. The zero-order chi connectivity index (χ0) is 16.4. The molecule has 7 nitrogen and oxygen atoms in total. The summed E-state index contributed by atoms with van der Waals surface area (Å²) in [6, 6.07) is 5.70. The number of aryl methyl sites for hydroxylation is 1. The Morgan fingerprint density at radius 3 is 2.88 bits per heavy atom. The lowest BCUT2D eigenvalue weighted by Gasteiger charge is -2.37. The fourth-order valence-electron chi connectivity index (χ4n) is 3.22. The largest absolute Gasteiger partial charge is 0.326 e. The van der Waals surface area contributed by atoms with E-state index in [4.69, 9.17) is 5.73 Å². The third-order valence-corrected chi connectivity index (χ3v) is 4.64. The molecule has 2 aromatic rings. The first-order chi connectivity index (χ1) is 11.0. The van der Waals surface area contributed by atoms with Gasteiger partial charge < -0.3 is 11.1 Å². The normalized spacial score (nSPS) is 23.4. The maximum absolute atomic E-state index is 12.6. The van der Waals surface area contributed by atoms with Crippen molar-refractivity contribution in [3.63, 3.8) is 0 Å². The highest BCUT2D eigenvalue weighted by Crippen LogP contribution is 2.32. The van der Waals surface area contributed by atoms with Gasteiger partial charge in [0, 0.05) is 11.2 Å². The number of hydrogen-bond acceptors (Lipinski definition) is 5. The molecule has 1 saturated carbocycles. The number of carbonyl (C=O) groups is 1. The second kappa shape index (κ2) is 7.27. The molecule has 1 amide bonds. The smallest absolute Gasteiger partial charge is 0.229 e. The number of halogens is 1. The van der Waals surface area contributed by atoms with Crippen LogP contribution in [0.4, 0.5) is 5.69 Å². The Hall–Kier alpha value is -1.99. The molecule has 8 heteroatoms. The zero-order valence-electron chi connectivity index (χ0n) is 13.9. The van der Waals surface area contributed by atoms with Crippen LogP contribution in [0.15, 0.2) is 24.5 Å². The minimum atomic E-state index is -0.439. The first kappa shape index (κ1) is 18.4. The molecule has 0 spiro atoms. The van der Waals surface area contributed by atoms with Gasteiger partial charge in [-0.15, -0.1) is 17.5 Å². The molecule has 0 saturated heterocycles. The summed E-state index contributed by atoms with van der Waals surface area (Å²) in [6.07, 6.45) is 5.39. The zero-order valence-corrected chi connectivity index (χ0v) is 14.7. The molecule has 1 aliphatic rings. The van der Waals surface area contributed by atoms with E-state index in [9.17, 15) is 4.79 Å². The van der Waals surface area contributed by atoms with Gasteiger partial charge in [0.1, 0.15) is 6.33 Å². The van der Waals surface area contributed by atoms with Crippen molar-refractivity contribution < 1.29 is 4.79 Å². The van der Waals surface area contributed by atoms with E-state index in [2.05, 4.69) is 20.8 Å². The van der Waals surface area contributed by atoms with E-state index in [1.807, 2.05) is 32.0 Å². The summed E-state index contributed by atoms with van der Waals surface area (Å²) >= 11 is 0. The monoisotopic (exact) mass is 350 g/mol. The molecule has 1 aliphatic carbocycles. The van der Waals surface area contributed by atoms with Crippen LogP contribution in [0.1, 0.15) is 38.2 Å². The molecule has 1 aromatic heterocycles. The quantitative estimate of drug-likeness (QED) is 0.884. The van der Waals surface area contributed by atoms with Crippen molar-refractivity contribution in [3.05, 3.63) is 30.1 Å². The lowest BCUT2D eigenvalue weighted by molar-refractivity contribution is -0.122. The average molecular weight is 351 g/mol. The van der Waals surface area contributed by atoms with Gasteiger partial charge in [0.2, 0.25) is 5.91 Å². The molecule has 0 aliphatic heterocycles. The number of hydrogen-bond donors (Lipinski definition) is 2. The van der Waals surface area contributed by atoms with Crippen molar-refractivity contribution in [2.75, 3.05) is 5.32 Å². The van der Waals surface area contributed by atoms with Crippen LogP contribution >= 0.6 is 12.4 Å². The molecular weight excluding hydrogens is 328 g/mol. The van der Waals surface area contributed by atoms with Crippen LogP contribution in [0.5, 0.6) is 0 Å². The molecule has 2 unspecified atom stereocenters. The Labute approximate surface area is 147 Å². The Balaban J connectivity index is 0.00000208. The summed E-state index contributed by atoms with van der Waals surface area (Å²) in [4.78, 5) is 12.6. The molecule has 0 radical (unpaired) electrons. The van der Waals surface area contributed by atoms with Gasteiger partial charge in [0.25, 0.3) is 0 Å². The topological polar surface area (TPSA) is 98.7 Å². The SMILES string of the molecule is Cc1ccc(NC(=O)C2CCCCC2(C)N)cc1-n1cnnn1.Cl. The summed E-state index contributed by atoms with van der Waals surface area (Å²) in [5.41, 5.74) is 8.47. The van der Waals surface area contributed by atoms with Gasteiger partial charge in [-0.05, 0) is 54.8 Å². The minimum absolute atomic E-state index is 0. The lowest BCUT2D eigenvalue weighted by Crippen LogP contribution is -2.51. The number of anilines is 1. The Bertz CT molecular complexity index is 701. The van der Waals surface area contributed by atoms with Crippen LogP contribution in [0.2, 0.25) is 0 Å².